The average Bonchev–Trinajstić information content (AvgIpc) is 2.40. The van der Waals surface area contributed by atoms with Crippen LogP contribution in [0.2, 0.25) is 0 Å². The zero-order chi connectivity index (χ0) is 13.8. The number of hydrogen-bond acceptors (Lipinski definition) is 4. The van der Waals surface area contributed by atoms with Crippen LogP contribution in [0.3, 0.4) is 0 Å². The molecule has 0 aliphatic rings. The van der Waals surface area contributed by atoms with E-state index in [-0.39, 0.29) is 17.7 Å². The first-order chi connectivity index (χ1) is 9.06. The summed E-state index contributed by atoms with van der Waals surface area (Å²) in [7, 11) is 0. The monoisotopic (exact) mass is 261 g/mol. The fourth-order valence-electron chi connectivity index (χ4n) is 1.66. The molecule has 6 heteroatoms. The smallest absolute Gasteiger partial charge is 0.363 e. The van der Waals surface area contributed by atoms with E-state index < -0.39 is 4.92 Å². The fourth-order valence-corrected chi connectivity index (χ4v) is 1.66. The summed E-state index contributed by atoms with van der Waals surface area (Å²) in [5, 5.41) is 13.6. The number of nitrogens with one attached hydrogen (secondary N) is 1. The molecule has 1 aromatic carbocycles. The lowest BCUT2D eigenvalue weighted by Crippen LogP contribution is -2.07. The lowest BCUT2D eigenvalue weighted by Gasteiger charge is -2.14. The zero-order valence-electron chi connectivity index (χ0n) is 10.2. The molecule has 0 spiro atoms. The summed E-state index contributed by atoms with van der Waals surface area (Å²) in [6.45, 7) is 1.91. The standard InChI is InChI=1S/C13H12FN3O2/c1-9(10-2-4-11(14)5-3-10)16-12-6-7-13(15-8-12)17(18)19/h2-9,16H,1H3. The van der Waals surface area contributed by atoms with Gasteiger partial charge in [-0.2, -0.15) is 0 Å². The van der Waals surface area contributed by atoms with Crippen molar-refractivity contribution in [2.75, 3.05) is 5.32 Å². The third kappa shape index (κ3) is 3.25. The molecule has 1 unspecified atom stereocenters. The van der Waals surface area contributed by atoms with Crippen molar-refractivity contribution in [2.24, 2.45) is 0 Å². The number of nitro groups is 1. The van der Waals surface area contributed by atoms with Gasteiger partial charge in [-0.1, -0.05) is 12.1 Å². The summed E-state index contributed by atoms with van der Waals surface area (Å²) in [4.78, 5) is 13.6. The van der Waals surface area contributed by atoms with Crippen molar-refractivity contribution < 1.29 is 9.31 Å². The molecule has 0 aliphatic carbocycles. The maximum atomic E-state index is 12.8. The Morgan fingerprint density at radius 3 is 2.47 bits per heavy atom. The van der Waals surface area contributed by atoms with Crippen molar-refractivity contribution in [2.45, 2.75) is 13.0 Å². The molecule has 2 aromatic rings. The Hall–Kier alpha value is -2.50. The van der Waals surface area contributed by atoms with Crippen molar-refractivity contribution in [3.05, 3.63) is 64.1 Å². The highest BCUT2D eigenvalue weighted by atomic mass is 19.1. The maximum absolute atomic E-state index is 12.8. The van der Waals surface area contributed by atoms with Gasteiger partial charge in [-0.05, 0) is 40.6 Å². The highest BCUT2D eigenvalue weighted by Gasteiger charge is 2.09. The van der Waals surface area contributed by atoms with Crippen molar-refractivity contribution in [3.63, 3.8) is 0 Å². The van der Waals surface area contributed by atoms with Gasteiger partial charge in [0.05, 0.1) is 5.69 Å². The third-order valence-electron chi connectivity index (χ3n) is 2.69. The quantitative estimate of drug-likeness (QED) is 0.677. The number of rotatable bonds is 4. The lowest BCUT2D eigenvalue weighted by molar-refractivity contribution is -0.389. The predicted octanol–water partition coefficient (Wildman–Crippen LogP) is 3.30. The minimum Gasteiger partial charge on any atom is -0.375 e. The Morgan fingerprint density at radius 2 is 1.95 bits per heavy atom. The predicted molar refractivity (Wildman–Crippen MR) is 69.3 cm³/mol. The van der Waals surface area contributed by atoms with Crippen molar-refractivity contribution in [1.82, 2.24) is 4.98 Å². The highest BCUT2D eigenvalue weighted by Crippen LogP contribution is 2.20. The number of hydrogen-bond donors (Lipinski definition) is 1. The third-order valence-corrected chi connectivity index (χ3v) is 2.69. The molecule has 98 valence electrons. The first-order valence-corrected chi connectivity index (χ1v) is 5.68. The van der Waals surface area contributed by atoms with E-state index in [0.29, 0.717) is 5.69 Å². The minimum absolute atomic E-state index is 0.0520. The molecule has 1 heterocycles. The maximum Gasteiger partial charge on any atom is 0.363 e. The molecule has 0 saturated carbocycles. The number of pyridine rings is 1. The van der Waals surface area contributed by atoms with Gasteiger partial charge in [0.15, 0.2) is 6.20 Å². The number of aromatic nitrogens is 1. The summed E-state index contributed by atoms with van der Waals surface area (Å²) < 4.78 is 12.8. The van der Waals surface area contributed by atoms with Crippen molar-refractivity contribution in [1.29, 1.82) is 0 Å². The molecule has 0 saturated heterocycles. The first-order valence-electron chi connectivity index (χ1n) is 5.68. The Morgan fingerprint density at radius 1 is 1.26 bits per heavy atom. The van der Waals surface area contributed by atoms with E-state index in [9.17, 15) is 14.5 Å². The van der Waals surface area contributed by atoms with Gasteiger partial charge in [0.2, 0.25) is 0 Å². The Balaban J connectivity index is 2.08. The summed E-state index contributed by atoms with van der Waals surface area (Å²) >= 11 is 0. The highest BCUT2D eigenvalue weighted by molar-refractivity contribution is 5.45. The molecule has 1 aromatic heterocycles. The van der Waals surface area contributed by atoms with Crippen LogP contribution in [0.15, 0.2) is 42.6 Å². The molecule has 0 fully saturated rings. The summed E-state index contributed by atoms with van der Waals surface area (Å²) in [6.07, 6.45) is 1.40. The molecule has 0 amide bonds. The van der Waals surface area contributed by atoms with Crippen molar-refractivity contribution in [3.8, 4) is 0 Å². The van der Waals surface area contributed by atoms with E-state index in [0.717, 1.165) is 5.56 Å². The second-order valence-corrected chi connectivity index (χ2v) is 4.08. The summed E-state index contributed by atoms with van der Waals surface area (Å²) in [5.41, 5.74) is 1.59. The molecular formula is C13H12FN3O2. The largest absolute Gasteiger partial charge is 0.375 e. The van der Waals surface area contributed by atoms with Crippen LogP contribution in [0.25, 0.3) is 0 Å². The second kappa shape index (κ2) is 5.43. The van der Waals surface area contributed by atoms with Crippen LogP contribution in [0.5, 0.6) is 0 Å². The molecule has 0 aliphatic heterocycles. The Kier molecular flexibility index (Phi) is 3.70. The fraction of sp³-hybridized carbons (Fsp3) is 0.154. The average molecular weight is 261 g/mol. The van der Waals surface area contributed by atoms with Gasteiger partial charge >= 0.3 is 5.82 Å². The summed E-state index contributed by atoms with van der Waals surface area (Å²) in [5.74, 6) is -0.479. The van der Waals surface area contributed by atoms with Crippen LogP contribution in [0.4, 0.5) is 15.9 Å². The van der Waals surface area contributed by atoms with E-state index in [2.05, 4.69) is 10.3 Å². The van der Waals surface area contributed by atoms with Crippen LogP contribution in [-0.4, -0.2) is 9.91 Å². The number of benzene rings is 1. The molecule has 1 N–H and O–H groups in total. The van der Waals surface area contributed by atoms with Gasteiger partial charge < -0.3 is 15.4 Å². The Bertz CT molecular complexity index is 569. The van der Waals surface area contributed by atoms with E-state index in [1.807, 2.05) is 6.92 Å². The van der Waals surface area contributed by atoms with Crippen LogP contribution in [0, 0.1) is 15.9 Å². The van der Waals surface area contributed by atoms with Crippen LogP contribution in [-0.2, 0) is 0 Å². The van der Waals surface area contributed by atoms with E-state index in [1.165, 1.54) is 24.4 Å². The van der Waals surface area contributed by atoms with Crippen molar-refractivity contribution >= 4 is 11.5 Å². The molecular weight excluding hydrogens is 249 g/mol. The van der Waals surface area contributed by atoms with E-state index in [4.69, 9.17) is 0 Å². The number of anilines is 1. The van der Waals surface area contributed by atoms with Gasteiger partial charge in [-0.3, -0.25) is 0 Å². The number of halogens is 1. The van der Waals surface area contributed by atoms with Crippen LogP contribution >= 0.6 is 0 Å². The molecule has 1 atom stereocenters. The molecule has 5 nitrogen and oxygen atoms in total. The van der Waals surface area contributed by atoms with Crippen LogP contribution in [0.1, 0.15) is 18.5 Å². The molecule has 2 rings (SSSR count). The minimum atomic E-state index is -0.548. The SMILES string of the molecule is CC(Nc1ccc([N+](=O)[O-])nc1)c1ccc(F)cc1. The van der Waals surface area contributed by atoms with Gasteiger partial charge in [0.25, 0.3) is 0 Å². The molecule has 0 bridgehead atoms. The normalized spacial score (nSPS) is 11.9. The molecule has 0 radical (unpaired) electrons. The van der Waals surface area contributed by atoms with Gasteiger partial charge in [0.1, 0.15) is 5.82 Å². The summed E-state index contributed by atoms with van der Waals surface area (Å²) in [6, 6.07) is 9.02. The Labute approximate surface area is 109 Å². The topological polar surface area (TPSA) is 68.1 Å². The van der Waals surface area contributed by atoms with Gasteiger partial charge in [0, 0.05) is 12.1 Å². The zero-order valence-corrected chi connectivity index (χ0v) is 10.2. The second-order valence-electron chi connectivity index (χ2n) is 4.08. The van der Waals surface area contributed by atoms with Gasteiger partial charge in [-0.15, -0.1) is 0 Å². The first kappa shape index (κ1) is 12.9. The van der Waals surface area contributed by atoms with Gasteiger partial charge in [-0.25, -0.2) is 4.39 Å². The lowest BCUT2D eigenvalue weighted by atomic mass is 10.1. The van der Waals surface area contributed by atoms with E-state index in [1.54, 1.807) is 18.2 Å². The van der Waals surface area contributed by atoms with Crippen LogP contribution < -0.4 is 5.32 Å². The number of nitrogens with zero attached hydrogens (tertiary/aromatic N) is 2. The van der Waals surface area contributed by atoms with E-state index >= 15 is 0 Å². The molecule has 19 heavy (non-hydrogen) atoms.